The number of aryl methyl sites for hydroxylation is 2. The molecule has 2 heterocycles. The van der Waals surface area contributed by atoms with Gasteiger partial charge in [-0.1, -0.05) is 62.7 Å². The van der Waals surface area contributed by atoms with E-state index >= 15 is 0 Å². The zero-order valence-electron chi connectivity index (χ0n) is 19.9. The van der Waals surface area contributed by atoms with E-state index in [1.807, 2.05) is 55.5 Å². The van der Waals surface area contributed by atoms with Crippen molar-refractivity contribution in [2.75, 3.05) is 7.11 Å². The molecule has 0 spiro atoms. The van der Waals surface area contributed by atoms with Crippen molar-refractivity contribution < 1.29 is 9.84 Å². The summed E-state index contributed by atoms with van der Waals surface area (Å²) in [4.78, 5) is 18.4. The van der Waals surface area contributed by atoms with E-state index in [9.17, 15) is 9.90 Å². The molecule has 2 aromatic heterocycles. The van der Waals surface area contributed by atoms with Gasteiger partial charge in [-0.3, -0.25) is 14.0 Å². The summed E-state index contributed by atoms with van der Waals surface area (Å²) in [6, 6.07) is 15.7. The van der Waals surface area contributed by atoms with Gasteiger partial charge in [0.25, 0.3) is 5.56 Å². The van der Waals surface area contributed by atoms with Gasteiger partial charge in [0.1, 0.15) is 17.1 Å². The Morgan fingerprint density at radius 2 is 1.85 bits per heavy atom. The number of unbranched alkanes of at least 4 members (excludes halogenated alkanes) is 1. The fraction of sp³-hybridized carbons (Fsp3) is 0.296. The van der Waals surface area contributed by atoms with Gasteiger partial charge in [0.2, 0.25) is 5.88 Å². The number of hydrogen-bond donors (Lipinski definition) is 1. The van der Waals surface area contributed by atoms with Crippen LogP contribution < -0.4 is 10.3 Å². The molecule has 1 N–H and O–H groups in total. The van der Waals surface area contributed by atoms with Crippen molar-refractivity contribution in [2.45, 2.75) is 46.1 Å². The molecule has 0 aliphatic rings. The van der Waals surface area contributed by atoms with Crippen molar-refractivity contribution in [3.05, 3.63) is 88.2 Å². The third-order valence-electron chi connectivity index (χ3n) is 5.90. The molecule has 2 aromatic carbocycles. The molecule has 176 valence electrons. The van der Waals surface area contributed by atoms with Crippen LogP contribution in [0.15, 0.2) is 65.7 Å². The second kappa shape index (κ2) is 10.4. The molecule has 4 aromatic rings. The highest BCUT2D eigenvalue weighted by atomic mass is 16.5. The van der Waals surface area contributed by atoms with E-state index in [2.05, 4.69) is 17.0 Å². The van der Waals surface area contributed by atoms with Crippen LogP contribution in [-0.4, -0.2) is 31.5 Å². The van der Waals surface area contributed by atoms with Crippen LogP contribution in [0, 0.1) is 0 Å². The number of aromatic nitrogens is 4. The van der Waals surface area contributed by atoms with E-state index in [0.29, 0.717) is 35.8 Å². The Balaban J connectivity index is 1.88. The molecular formula is C27H30N4O3. The molecule has 7 nitrogen and oxygen atoms in total. The predicted molar refractivity (Wildman–Crippen MR) is 133 cm³/mol. The van der Waals surface area contributed by atoms with Crippen molar-refractivity contribution >= 4 is 0 Å². The molecule has 0 saturated carbocycles. The topological polar surface area (TPSA) is 82.2 Å². The van der Waals surface area contributed by atoms with Crippen molar-refractivity contribution in [3.63, 3.8) is 0 Å². The summed E-state index contributed by atoms with van der Waals surface area (Å²) in [5, 5.41) is 15.3. The Hall–Kier alpha value is -3.87. The van der Waals surface area contributed by atoms with Crippen LogP contribution in [0.1, 0.15) is 43.6 Å². The van der Waals surface area contributed by atoms with Crippen molar-refractivity contribution in [2.24, 2.45) is 0 Å². The average molecular weight is 459 g/mol. The van der Waals surface area contributed by atoms with Gasteiger partial charge in [-0.2, -0.15) is 10.1 Å². The van der Waals surface area contributed by atoms with Gasteiger partial charge in [-0.25, -0.2) is 0 Å². The molecule has 4 rings (SSSR count). The molecule has 0 aliphatic heterocycles. The highest BCUT2D eigenvalue weighted by Crippen LogP contribution is 2.31. The lowest BCUT2D eigenvalue weighted by molar-refractivity contribution is 0.410. The number of benzene rings is 2. The molecule has 0 amide bonds. The summed E-state index contributed by atoms with van der Waals surface area (Å²) in [5.41, 5.74) is 3.05. The Labute approximate surface area is 199 Å². The van der Waals surface area contributed by atoms with Gasteiger partial charge in [0, 0.05) is 18.2 Å². The summed E-state index contributed by atoms with van der Waals surface area (Å²) >= 11 is 0. The Morgan fingerprint density at radius 1 is 1.06 bits per heavy atom. The number of rotatable bonds is 9. The monoisotopic (exact) mass is 458 g/mol. The SMILES string of the molecule is CCCCc1nc(O)c(-c2cnn(Cc3ccccc3)c2)c(=O)n1-c1c(CC)cccc1OC. The molecule has 7 heteroatoms. The third kappa shape index (κ3) is 4.59. The first-order chi connectivity index (χ1) is 16.6. The Kier molecular flexibility index (Phi) is 7.11. The normalized spacial score (nSPS) is 11.0. The predicted octanol–water partition coefficient (Wildman–Crippen LogP) is 4.76. The number of ether oxygens (including phenoxy) is 1. The first-order valence-corrected chi connectivity index (χ1v) is 11.6. The minimum absolute atomic E-state index is 0.132. The molecule has 0 fully saturated rings. The summed E-state index contributed by atoms with van der Waals surface area (Å²) < 4.78 is 8.99. The molecular weight excluding hydrogens is 428 g/mol. The van der Waals surface area contributed by atoms with Crippen LogP contribution in [0.4, 0.5) is 0 Å². The van der Waals surface area contributed by atoms with E-state index in [-0.39, 0.29) is 17.0 Å². The maximum atomic E-state index is 13.9. The highest BCUT2D eigenvalue weighted by molar-refractivity contribution is 5.67. The largest absolute Gasteiger partial charge is 0.495 e. The first-order valence-electron chi connectivity index (χ1n) is 11.6. The number of hydrogen-bond acceptors (Lipinski definition) is 5. The zero-order valence-corrected chi connectivity index (χ0v) is 19.9. The van der Waals surface area contributed by atoms with Crippen LogP contribution in [0.5, 0.6) is 11.6 Å². The maximum Gasteiger partial charge on any atom is 0.270 e. The van der Waals surface area contributed by atoms with Gasteiger partial charge < -0.3 is 9.84 Å². The fourth-order valence-corrected chi connectivity index (χ4v) is 4.16. The lowest BCUT2D eigenvalue weighted by Crippen LogP contribution is -2.26. The van der Waals surface area contributed by atoms with Gasteiger partial charge in [-0.05, 0) is 30.0 Å². The minimum Gasteiger partial charge on any atom is -0.495 e. The molecule has 0 saturated heterocycles. The molecule has 0 aliphatic carbocycles. The van der Waals surface area contributed by atoms with E-state index in [4.69, 9.17) is 4.74 Å². The first kappa shape index (κ1) is 23.3. The van der Waals surface area contributed by atoms with Crippen molar-refractivity contribution in [3.8, 4) is 28.4 Å². The van der Waals surface area contributed by atoms with Gasteiger partial charge in [-0.15, -0.1) is 0 Å². The second-order valence-electron chi connectivity index (χ2n) is 8.20. The number of nitrogens with zero attached hydrogens (tertiary/aromatic N) is 4. The van der Waals surface area contributed by atoms with E-state index in [0.717, 1.165) is 30.4 Å². The zero-order chi connectivity index (χ0) is 24.1. The summed E-state index contributed by atoms with van der Waals surface area (Å²) in [6.45, 7) is 4.68. The standard InChI is InChI=1S/C27H30N4O3/c1-4-6-15-23-29-26(32)24(21-16-28-30(18-21)17-19-11-8-7-9-12-19)27(33)31(23)25-20(5-2)13-10-14-22(25)34-3/h7-14,16,18,32H,4-6,15,17H2,1-3H3. The van der Waals surface area contributed by atoms with E-state index in [1.165, 1.54) is 0 Å². The van der Waals surface area contributed by atoms with Crippen molar-refractivity contribution in [1.82, 2.24) is 19.3 Å². The van der Waals surface area contributed by atoms with Crippen LogP contribution in [0.3, 0.4) is 0 Å². The van der Waals surface area contributed by atoms with Crippen LogP contribution in [0.2, 0.25) is 0 Å². The minimum atomic E-state index is -0.336. The molecule has 34 heavy (non-hydrogen) atoms. The number of para-hydroxylation sites is 1. The summed E-state index contributed by atoms with van der Waals surface area (Å²) in [5.74, 6) is 0.834. The highest BCUT2D eigenvalue weighted by Gasteiger charge is 2.23. The van der Waals surface area contributed by atoms with Gasteiger partial charge >= 0.3 is 0 Å². The van der Waals surface area contributed by atoms with E-state index in [1.54, 1.807) is 28.8 Å². The van der Waals surface area contributed by atoms with Crippen LogP contribution in [-0.2, 0) is 19.4 Å². The van der Waals surface area contributed by atoms with E-state index < -0.39 is 0 Å². The number of aromatic hydroxyl groups is 1. The van der Waals surface area contributed by atoms with Crippen LogP contribution in [0.25, 0.3) is 16.8 Å². The Bertz CT molecular complexity index is 1300. The average Bonchev–Trinajstić information content (AvgIpc) is 3.30. The van der Waals surface area contributed by atoms with Gasteiger partial charge in [0.05, 0.1) is 25.5 Å². The lowest BCUT2D eigenvalue weighted by atomic mass is 10.1. The smallest absolute Gasteiger partial charge is 0.270 e. The fourth-order valence-electron chi connectivity index (χ4n) is 4.16. The Morgan fingerprint density at radius 3 is 2.56 bits per heavy atom. The quantitative estimate of drug-likeness (QED) is 0.391. The number of methoxy groups -OCH3 is 1. The maximum absolute atomic E-state index is 13.9. The molecule has 0 radical (unpaired) electrons. The molecule has 0 unspecified atom stereocenters. The summed E-state index contributed by atoms with van der Waals surface area (Å²) in [6.07, 6.45) is 6.43. The lowest BCUT2D eigenvalue weighted by Gasteiger charge is -2.19. The molecule has 0 bridgehead atoms. The van der Waals surface area contributed by atoms with Gasteiger partial charge in [0.15, 0.2) is 0 Å². The molecule has 0 atom stereocenters. The second-order valence-corrected chi connectivity index (χ2v) is 8.20. The van der Waals surface area contributed by atoms with Crippen LogP contribution >= 0.6 is 0 Å². The third-order valence-corrected chi connectivity index (χ3v) is 5.90. The summed E-state index contributed by atoms with van der Waals surface area (Å²) in [7, 11) is 1.59. The van der Waals surface area contributed by atoms with Crippen molar-refractivity contribution in [1.29, 1.82) is 0 Å².